The summed E-state index contributed by atoms with van der Waals surface area (Å²) < 4.78 is 2.31. The van der Waals surface area contributed by atoms with Gasteiger partial charge in [0.2, 0.25) is 0 Å². The van der Waals surface area contributed by atoms with Gasteiger partial charge in [-0.15, -0.1) is 0 Å². The van der Waals surface area contributed by atoms with Gasteiger partial charge in [-0.05, 0) is 93.0 Å². The topological polar surface area (TPSA) is 45.1 Å². The third-order valence-corrected chi connectivity index (χ3v) is 7.66. The number of nitrogens with one attached hydrogen (secondary N) is 2. The summed E-state index contributed by atoms with van der Waals surface area (Å²) in [5.74, 6) is 0. The molecule has 3 heterocycles. The molecule has 2 aromatic heterocycles. The summed E-state index contributed by atoms with van der Waals surface area (Å²) in [5.41, 5.74) is 8.01. The molecule has 37 heavy (non-hydrogen) atoms. The van der Waals surface area contributed by atoms with Gasteiger partial charge in [0.05, 0.1) is 17.8 Å². The Labute approximate surface area is 229 Å². The molecular weight excluding hydrogens is 498 g/mol. The van der Waals surface area contributed by atoms with E-state index in [1.54, 1.807) is 0 Å². The lowest BCUT2D eigenvalue weighted by molar-refractivity contribution is 0.315. The van der Waals surface area contributed by atoms with Gasteiger partial charge in [-0.1, -0.05) is 41.9 Å². The molecule has 0 spiro atoms. The number of halogens is 1. The van der Waals surface area contributed by atoms with Crippen molar-refractivity contribution in [1.82, 2.24) is 19.8 Å². The second-order valence-electron chi connectivity index (χ2n) is 9.56. The molecule has 1 saturated heterocycles. The number of thiocarbonyl (C=S) groups is 1. The number of hydrogen-bond acceptors (Lipinski definition) is 3. The third kappa shape index (κ3) is 5.22. The Morgan fingerprint density at radius 2 is 1.78 bits per heavy atom. The predicted molar refractivity (Wildman–Crippen MR) is 157 cm³/mol. The minimum Gasteiger partial charge on any atom is -0.385 e. The highest BCUT2D eigenvalue weighted by Crippen LogP contribution is 2.41. The van der Waals surface area contributed by atoms with E-state index >= 15 is 0 Å². The molecule has 7 heteroatoms. The van der Waals surface area contributed by atoms with Crippen molar-refractivity contribution >= 4 is 34.6 Å². The van der Waals surface area contributed by atoms with Crippen LogP contribution in [-0.4, -0.2) is 32.7 Å². The Kier molecular flexibility index (Phi) is 7.49. The Bertz CT molecular complexity index is 1390. The minimum atomic E-state index is -0.0369. The minimum absolute atomic E-state index is 0.0264. The molecule has 1 aliphatic rings. The highest BCUT2D eigenvalue weighted by atomic mass is 35.5. The van der Waals surface area contributed by atoms with Crippen molar-refractivity contribution < 1.29 is 0 Å². The predicted octanol–water partition coefficient (Wildman–Crippen LogP) is 6.93. The lowest BCUT2D eigenvalue weighted by atomic mass is 9.96. The molecule has 5 nitrogen and oxygen atoms in total. The quantitative estimate of drug-likeness (QED) is 0.191. The number of para-hydroxylation sites is 1. The summed E-state index contributed by atoms with van der Waals surface area (Å²) in [6.07, 6.45) is 2.80. The fourth-order valence-corrected chi connectivity index (χ4v) is 5.80. The molecule has 0 radical (unpaired) electrons. The normalized spacial score (nSPS) is 17.2. The molecule has 0 unspecified atom stereocenters. The third-order valence-electron chi connectivity index (χ3n) is 7.08. The van der Waals surface area contributed by atoms with E-state index in [4.69, 9.17) is 28.8 Å². The van der Waals surface area contributed by atoms with Gasteiger partial charge in [0.1, 0.15) is 0 Å². The average Bonchev–Trinajstić information content (AvgIpc) is 3.39. The molecule has 5 rings (SSSR count). The number of pyridine rings is 1. The monoisotopic (exact) mass is 529 g/mol. The Morgan fingerprint density at radius 3 is 2.54 bits per heavy atom. The number of hydrogen-bond donors (Lipinski definition) is 2. The molecule has 4 aromatic rings. The van der Waals surface area contributed by atoms with Gasteiger partial charge < -0.3 is 20.1 Å². The zero-order valence-electron chi connectivity index (χ0n) is 21.4. The Hall–Kier alpha value is -3.35. The fourth-order valence-electron chi connectivity index (χ4n) is 5.30. The molecule has 190 valence electrons. The average molecular weight is 530 g/mol. The van der Waals surface area contributed by atoms with Gasteiger partial charge in [0.25, 0.3) is 0 Å². The van der Waals surface area contributed by atoms with Crippen LogP contribution in [0.1, 0.15) is 46.7 Å². The van der Waals surface area contributed by atoms with E-state index in [-0.39, 0.29) is 12.1 Å². The summed E-state index contributed by atoms with van der Waals surface area (Å²) in [6.45, 7) is 8.17. The lowest BCUT2D eigenvalue weighted by Gasteiger charge is -2.28. The van der Waals surface area contributed by atoms with E-state index < -0.39 is 0 Å². The van der Waals surface area contributed by atoms with Gasteiger partial charge in [-0.2, -0.15) is 0 Å². The van der Waals surface area contributed by atoms with Crippen molar-refractivity contribution in [3.63, 3.8) is 0 Å². The van der Waals surface area contributed by atoms with Crippen molar-refractivity contribution in [2.75, 3.05) is 18.4 Å². The van der Waals surface area contributed by atoms with Crippen LogP contribution in [-0.2, 0) is 0 Å². The van der Waals surface area contributed by atoms with Crippen LogP contribution < -0.4 is 10.6 Å². The molecule has 0 bridgehead atoms. The van der Waals surface area contributed by atoms with E-state index in [0.717, 1.165) is 46.7 Å². The van der Waals surface area contributed by atoms with Crippen LogP contribution in [0.25, 0.3) is 5.69 Å². The number of anilines is 1. The van der Waals surface area contributed by atoms with Crippen LogP contribution >= 0.6 is 23.8 Å². The van der Waals surface area contributed by atoms with E-state index in [9.17, 15) is 0 Å². The molecule has 1 fully saturated rings. The van der Waals surface area contributed by atoms with Crippen molar-refractivity contribution in [1.29, 1.82) is 0 Å². The van der Waals surface area contributed by atoms with E-state index in [1.165, 1.54) is 22.5 Å². The standard InChI is InChI=1S/C30H32ClN5S/c1-20-13-14-23(31)19-27(20)36-21(2)18-25(22(36)3)29-28(26-12-7-8-15-33-26)34-30(37)35(29)17-9-16-32-24-10-5-4-6-11-24/h4-8,10-15,18-19,28-29,32H,9,16-17H2,1-3H3,(H,34,37)/t28-,29+/m0/s1. The number of rotatable bonds is 8. The Morgan fingerprint density at radius 1 is 1.00 bits per heavy atom. The molecule has 0 amide bonds. The molecule has 2 atom stereocenters. The first kappa shape index (κ1) is 25.3. The first-order valence-electron chi connectivity index (χ1n) is 12.7. The van der Waals surface area contributed by atoms with Crippen molar-refractivity contribution in [3.05, 3.63) is 112 Å². The summed E-state index contributed by atoms with van der Waals surface area (Å²) in [7, 11) is 0. The van der Waals surface area contributed by atoms with Crippen LogP contribution in [0.2, 0.25) is 5.02 Å². The maximum Gasteiger partial charge on any atom is 0.170 e. The van der Waals surface area contributed by atoms with Crippen LogP contribution in [0.5, 0.6) is 0 Å². The van der Waals surface area contributed by atoms with E-state index in [2.05, 4.69) is 71.2 Å². The smallest absolute Gasteiger partial charge is 0.170 e. The van der Waals surface area contributed by atoms with Crippen molar-refractivity contribution in [3.8, 4) is 5.69 Å². The number of nitrogens with zero attached hydrogens (tertiary/aromatic N) is 3. The van der Waals surface area contributed by atoms with Crippen LogP contribution in [0.4, 0.5) is 5.69 Å². The highest BCUT2D eigenvalue weighted by molar-refractivity contribution is 7.80. The van der Waals surface area contributed by atoms with Gasteiger partial charge >= 0.3 is 0 Å². The number of benzene rings is 2. The zero-order valence-corrected chi connectivity index (χ0v) is 23.0. The Balaban J connectivity index is 1.48. The van der Waals surface area contributed by atoms with Crippen molar-refractivity contribution in [2.24, 2.45) is 0 Å². The SMILES string of the molecule is Cc1ccc(Cl)cc1-n1c(C)cc([C@@H]2[C@H](c3ccccn3)NC(=S)N2CCCNc2ccccc2)c1C. The van der Waals surface area contributed by atoms with E-state index in [0.29, 0.717) is 0 Å². The van der Waals surface area contributed by atoms with Gasteiger partial charge in [0.15, 0.2) is 5.11 Å². The maximum absolute atomic E-state index is 6.40. The summed E-state index contributed by atoms with van der Waals surface area (Å²) >= 11 is 12.3. The first-order chi connectivity index (χ1) is 17.9. The molecular formula is C30H32ClN5S. The van der Waals surface area contributed by atoms with Gasteiger partial charge in [0, 0.05) is 47.1 Å². The lowest BCUT2D eigenvalue weighted by Crippen LogP contribution is -2.31. The van der Waals surface area contributed by atoms with Crippen LogP contribution in [0.15, 0.2) is 79.0 Å². The first-order valence-corrected chi connectivity index (χ1v) is 13.4. The molecule has 1 aliphatic heterocycles. The molecule has 0 saturated carbocycles. The van der Waals surface area contributed by atoms with Crippen LogP contribution in [0, 0.1) is 20.8 Å². The molecule has 2 aromatic carbocycles. The van der Waals surface area contributed by atoms with Gasteiger partial charge in [-0.3, -0.25) is 4.98 Å². The number of aryl methyl sites for hydroxylation is 2. The largest absolute Gasteiger partial charge is 0.385 e. The van der Waals surface area contributed by atoms with Crippen molar-refractivity contribution in [2.45, 2.75) is 39.3 Å². The van der Waals surface area contributed by atoms with Crippen LogP contribution in [0.3, 0.4) is 0 Å². The summed E-state index contributed by atoms with van der Waals surface area (Å²) in [5, 5.41) is 8.61. The second kappa shape index (κ2) is 11.0. The summed E-state index contributed by atoms with van der Waals surface area (Å²) in [6, 6.07) is 24.7. The highest BCUT2D eigenvalue weighted by Gasteiger charge is 2.41. The fraction of sp³-hybridized carbons (Fsp3) is 0.267. The summed E-state index contributed by atoms with van der Waals surface area (Å²) in [4.78, 5) is 7.03. The van der Waals surface area contributed by atoms with E-state index in [1.807, 2.05) is 48.7 Å². The molecule has 0 aliphatic carbocycles. The maximum atomic E-state index is 6.40. The number of aromatic nitrogens is 2. The zero-order chi connectivity index (χ0) is 25.9. The second-order valence-corrected chi connectivity index (χ2v) is 10.4. The van der Waals surface area contributed by atoms with Gasteiger partial charge in [-0.25, -0.2) is 0 Å². The molecule has 2 N–H and O–H groups in total.